The zero-order valence-corrected chi connectivity index (χ0v) is 47.0. The Balaban J connectivity index is 0.967. The van der Waals surface area contributed by atoms with Crippen LogP contribution in [0, 0.1) is 0 Å². The van der Waals surface area contributed by atoms with Crippen molar-refractivity contribution in [3.8, 4) is 33.4 Å². The number of hydrogen-bond donors (Lipinski definition) is 0. The molecule has 0 radical (unpaired) electrons. The van der Waals surface area contributed by atoms with E-state index in [2.05, 4.69) is 354 Å². The molecule has 14 aromatic rings. The lowest BCUT2D eigenvalue weighted by atomic mass is 9.80. The quantitative estimate of drug-likeness (QED) is 0.107. The van der Waals surface area contributed by atoms with E-state index in [0.717, 1.165) is 63.2 Å². The molecule has 1 unspecified atom stereocenters. The third-order valence-electron chi connectivity index (χ3n) is 16.9. The summed E-state index contributed by atoms with van der Waals surface area (Å²) in [5.41, 5.74) is 18.4. The summed E-state index contributed by atoms with van der Waals surface area (Å²) in [6.45, 7) is 0. The van der Waals surface area contributed by atoms with Gasteiger partial charge in [-0.15, -0.1) is 0 Å². The molecule has 14 aromatic carbocycles. The van der Waals surface area contributed by atoms with Crippen LogP contribution in [0.5, 0.6) is 0 Å². The van der Waals surface area contributed by atoms with Gasteiger partial charge in [0.2, 0.25) is 0 Å². The van der Waals surface area contributed by atoms with Gasteiger partial charge >= 0.3 is 0 Å². The van der Waals surface area contributed by atoms with Crippen LogP contribution in [0.25, 0.3) is 76.5 Å². The maximum absolute atomic E-state index is 2.52. The van der Waals surface area contributed by atoms with Crippen LogP contribution in [0.4, 0.5) is 45.5 Å². The third kappa shape index (κ3) is 9.68. The Kier molecular flexibility index (Phi) is 13.4. The van der Waals surface area contributed by atoms with Crippen LogP contribution >= 0.6 is 0 Å². The summed E-state index contributed by atoms with van der Waals surface area (Å²) in [6.07, 6.45) is 8.04. The highest BCUT2D eigenvalue weighted by molar-refractivity contribution is 6.33. The molecule has 85 heavy (non-hydrogen) atoms. The topological polar surface area (TPSA) is 9.72 Å². The van der Waals surface area contributed by atoms with Gasteiger partial charge in [0.1, 0.15) is 0 Å². The first-order chi connectivity index (χ1) is 42.2. The van der Waals surface area contributed by atoms with E-state index in [-0.39, 0.29) is 5.92 Å². The Morgan fingerprint density at radius 3 is 1.26 bits per heavy atom. The molecule has 0 heterocycles. The Hall–Kier alpha value is -11.0. The number of anilines is 8. The van der Waals surface area contributed by atoms with Crippen molar-refractivity contribution in [2.24, 2.45) is 0 Å². The van der Waals surface area contributed by atoms with Gasteiger partial charge in [0.15, 0.2) is 0 Å². The number of allylic oxidation sites excluding steroid dienone is 3. The van der Waals surface area contributed by atoms with Gasteiger partial charge in [0.05, 0.1) is 0 Å². The summed E-state index contributed by atoms with van der Waals surface area (Å²) in [5.74, 6) is 0.145. The standard InChI is InChI=1S/C82H59N3/c1-8-25-60(26-9-1)76-57-77(61-43-48-70(49-44-61)83(65-30-12-3-13-31-65)66-32-14-4-15-33-66)81-74-53-51-73(84(67-34-16-5-17-35-67)68-36-18-6-19-37-68)56-79(74)78-55-64(45-52-75(78)82(81)80(76)62-27-10-2-11-28-62)59-40-46-71(47-41-59)85(69-38-20-7-21-39-69)72-50-42-58-24-22-23-29-63(58)54-72/h1-40,42-57,59H,41H2. The number of benzene rings is 14. The maximum atomic E-state index is 2.52. The molecule has 0 bridgehead atoms. The summed E-state index contributed by atoms with van der Waals surface area (Å²) >= 11 is 0. The van der Waals surface area contributed by atoms with E-state index >= 15 is 0 Å². The van der Waals surface area contributed by atoms with Crippen molar-refractivity contribution in [3.05, 3.63) is 351 Å². The van der Waals surface area contributed by atoms with Crippen molar-refractivity contribution in [2.75, 3.05) is 14.7 Å². The first-order valence-corrected chi connectivity index (χ1v) is 29.4. The fourth-order valence-corrected chi connectivity index (χ4v) is 12.9. The molecule has 1 aliphatic carbocycles. The fourth-order valence-electron chi connectivity index (χ4n) is 12.9. The molecule has 1 aliphatic rings. The molecule has 0 N–H and O–H groups in total. The van der Waals surface area contributed by atoms with E-state index in [0.29, 0.717) is 0 Å². The molecule has 0 aliphatic heterocycles. The lowest BCUT2D eigenvalue weighted by molar-refractivity contribution is 0.841. The Labute approximate surface area is 497 Å². The molecule has 0 fully saturated rings. The number of fused-ring (bicyclic) bond motifs is 7. The number of nitrogens with zero attached hydrogens (tertiary/aromatic N) is 3. The lowest BCUT2D eigenvalue weighted by Gasteiger charge is -2.29. The van der Waals surface area contributed by atoms with E-state index < -0.39 is 0 Å². The van der Waals surface area contributed by atoms with Crippen LogP contribution in [0.1, 0.15) is 17.9 Å². The fraction of sp³-hybridized carbons (Fsp3) is 0.0244. The van der Waals surface area contributed by atoms with Crippen molar-refractivity contribution >= 4 is 88.6 Å². The van der Waals surface area contributed by atoms with E-state index in [1.807, 2.05) is 0 Å². The number of hydrogen-bond acceptors (Lipinski definition) is 3. The highest BCUT2D eigenvalue weighted by atomic mass is 15.2. The van der Waals surface area contributed by atoms with Crippen molar-refractivity contribution in [2.45, 2.75) is 12.3 Å². The van der Waals surface area contributed by atoms with Gasteiger partial charge in [-0.25, -0.2) is 0 Å². The SMILES string of the molecule is C1=CC(c2ccc3c(c2)c2cc(N(c4ccccc4)c4ccccc4)ccc2c2c(-c4ccc(N(c5ccccc5)c5ccccc5)cc4)cc(-c4ccccc4)c(-c4ccccc4)c32)CC=C1N(c1ccccc1)c1ccc2ccccc2c1. The molecular weight excluding hydrogens is 1030 g/mol. The summed E-state index contributed by atoms with van der Waals surface area (Å²) in [7, 11) is 0. The van der Waals surface area contributed by atoms with Crippen molar-refractivity contribution in [1.29, 1.82) is 0 Å². The van der Waals surface area contributed by atoms with Gasteiger partial charge in [-0.2, -0.15) is 0 Å². The second-order valence-corrected chi connectivity index (χ2v) is 22.0. The normalized spacial score (nSPS) is 13.0. The van der Waals surface area contributed by atoms with Gasteiger partial charge < -0.3 is 14.7 Å². The van der Waals surface area contributed by atoms with Crippen molar-refractivity contribution in [3.63, 3.8) is 0 Å². The second-order valence-electron chi connectivity index (χ2n) is 22.0. The molecule has 0 aromatic heterocycles. The van der Waals surface area contributed by atoms with Gasteiger partial charge in [0, 0.05) is 57.1 Å². The average molecular weight is 1090 g/mol. The van der Waals surface area contributed by atoms with Crippen LogP contribution in [0.3, 0.4) is 0 Å². The molecule has 1 atom stereocenters. The van der Waals surface area contributed by atoms with Crippen molar-refractivity contribution < 1.29 is 0 Å². The van der Waals surface area contributed by atoms with E-state index in [1.54, 1.807) is 0 Å². The zero-order chi connectivity index (χ0) is 56.5. The van der Waals surface area contributed by atoms with Gasteiger partial charge in [0.25, 0.3) is 0 Å². The predicted octanol–water partition coefficient (Wildman–Crippen LogP) is 23.0. The molecule has 3 nitrogen and oxygen atoms in total. The zero-order valence-electron chi connectivity index (χ0n) is 47.0. The van der Waals surface area contributed by atoms with Gasteiger partial charge in [-0.1, -0.05) is 224 Å². The minimum Gasteiger partial charge on any atom is -0.311 e. The smallest absolute Gasteiger partial charge is 0.0468 e. The highest BCUT2D eigenvalue weighted by Crippen LogP contribution is 2.51. The van der Waals surface area contributed by atoms with Crippen molar-refractivity contribution in [1.82, 2.24) is 0 Å². The minimum absolute atomic E-state index is 0.145. The minimum atomic E-state index is 0.145. The Morgan fingerprint density at radius 2 is 0.694 bits per heavy atom. The van der Waals surface area contributed by atoms with E-state index in [1.165, 1.54) is 76.5 Å². The molecular formula is C82H59N3. The van der Waals surface area contributed by atoms with Crippen LogP contribution in [-0.2, 0) is 0 Å². The van der Waals surface area contributed by atoms with E-state index in [4.69, 9.17) is 0 Å². The van der Waals surface area contributed by atoms with Crippen LogP contribution < -0.4 is 14.7 Å². The Bertz CT molecular complexity index is 4680. The number of rotatable bonds is 13. The van der Waals surface area contributed by atoms with Gasteiger partial charge in [-0.05, 0) is 204 Å². The molecule has 0 spiro atoms. The highest BCUT2D eigenvalue weighted by Gasteiger charge is 2.26. The molecule has 0 saturated carbocycles. The first kappa shape index (κ1) is 50.9. The summed E-state index contributed by atoms with van der Waals surface area (Å²) in [4.78, 5) is 7.13. The second kappa shape index (κ2) is 22.4. The lowest BCUT2D eigenvalue weighted by Crippen LogP contribution is -2.17. The monoisotopic (exact) mass is 1090 g/mol. The Morgan fingerprint density at radius 1 is 0.271 bits per heavy atom. The third-order valence-corrected chi connectivity index (χ3v) is 16.9. The molecule has 402 valence electrons. The van der Waals surface area contributed by atoms with E-state index in [9.17, 15) is 0 Å². The maximum Gasteiger partial charge on any atom is 0.0468 e. The molecule has 3 heteroatoms. The molecule has 15 rings (SSSR count). The van der Waals surface area contributed by atoms with Crippen LogP contribution in [0.15, 0.2) is 345 Å². The average Bonchev–Trinajstić information content (AvgIpc) is 1.24. The summed E-state index contributed by atoms with van der Waals surface area (Å²) in [5, 5.41) is 9.75. The van der Waals surface area contributed by atoms with Gasteiger partial charge in [-0.3, -0.25) is 0 Å². The van der Waals surface area contributed by atoms with Crippen LogP contribution in [-0.4, -0.2) is 0 Å². The first-order valence-electron chi connectivity index (χ1n) is 29.4. The molecule has 0 amide bonds. The number of para-hydroxylation sites is 5. The summed E-state index contributed by atoms with van der Waals surface area (Å²) in [6, 6.07) is 117. The molecule has 0 saturated heterocycles. The predicted molar refractivity (Wildman–Crippen MR) is 362 cm³/mol. The summed E-state index contributed by atoms with van der Waals surface area (Å²) < 4.78 is 0. The largest absolute Gasteiger partial charge is 0.311 e. The van der Waals surface area contributed by atoms with Crippen LogP contribution in [0.2, 0.25) is 0 Å².